The molecule has 0 radical (unpaired) electrons. The molecule has 82 valence electrons. The third kappa shape index (κ3) is 2.08. The van der Waals surface area contributed by atoms with E-state index in [1.54, 1.807) is 0 Å². The number of ketones is 1. The van der Waals surface area contributed by atoms with Gasteiger partial charge >= 0.3 is 6.18 Å². The van der Waals surface area contributed by atoms with Crippen LogP contribution in [0.5, 0.6) is 0 Å². The minimum absolute atomic E-state index is 0.0146. The Balaban J connectivity index is 2.69. The minimum Gasteiger partial charge on any atom is -0.380 e. The van der Waals surface area contributed by atoms with Gasteiger partial charge in [-0.1, -0.05) is 0 Å². The van der Waals surface area contributed by atoms with E-state index in [4.69, 9.17) is 0 Å². The van der Waals surface area contributed by atoms with Crippen LogP contribution in [0.3, 0.4) is 0 Å². The number of carbonyl (C=O) groups is 1. The Morgan fingerprint density at radius 1 is 1.29 bits per heavy atom. The molecule has 1 fully saturated rings. The van der Waals surface area contributed by atoms with Crippen LogP contribution in [0.1, 0.15) is 32.6 Å². The van der Waals surface area contributed by atoms with Gasteiger partial charge in [-0.25, -0.2) is 0 Å². The zero-order valence-electron chi connectivity index (χ0n) is 7.90. The van der Waals surface area contributed by atoms with Gasteiger partial charge < -0.3 is 5.11 Å². The van der Waals surface area contributed by atoms with E-state index in [1.165, 1.54) is 0 Å². The number of carbonyl (C=O) groups excluding carboxylic acids is 1. The summed E-state index contributed by atoms with van der Waals surface area (Å²) >= 11 is 0. The molecule has 0 aromatic heterocycles. The summed E-state index contributed by atoms with van der Waals surface area (Å²) in [5, 5.41) is 9.33. The zero-order valence-corrected chi connectivity index (χ0v) is 7.90. The summed E-state index contributed by atoms with van der Waals surface area (Å²) in [7, 11) is 0. The van der Waals surface area contributed by atoms with Gasteiger partial charge in [-0.3, -0.25) is 4.79 Å². The summed E-state index contributed by atoms with van der Waals surface area (Å²) in [5.74, 6) is -0.862. The van der Waals surface area contributed by atoms with Crippen LogP contribution in [-0.2, 0) is 4.79 Å². The molecule has 0 saturated heterocycles. The summed E-state index contributed by atoms with van der Waals surface area (Å²) in [5.41, 5.74) is -2.66. The molecule has 0 aromatic rings. The first-order valence-electron chi connectivity index (χ1n) is 4.56. The van der Waals surface area contributed by atoms with Gasteiger partial charge in [-0.2, -0.15) is 13.2 Å². The molecule has 0 aromatic carbocycles. The van der Waals surface area contributed by atoms with E-state index in [0.717, 1.165) is 6.92 Å². The fourth-order valence-corrected chi connectivity index (χ4v) is 1.73. The summed E-state index contributed by atoms with van der Waals surface area (Å²) in [6.45, 7) is 0.785. The quantitative estimate of drug-likeness (QED) is 0.719. The number of hydrogen-bond acceptors (Lipinski definition) is 2. The Morgan fingerprint density at radius 2 is 1.71 bits per heavy atom. The number of halogens is 3. The van der Waals surface area contributed by atoms with Crippen molar-refractivity contribution in [2.45, 2.75) is 44.4 Å². The Kier molecular flexibility index (Phi) is 2.90. The molecule has 1 N–H and O–H groups in total. The van der Waals surface area contributed by atoms with Crippen molar-refractivity contribution in [3.8, 4) is 0 Å². The Morgan fingerprint density at radius 3 is 2.07 bits per heavy atom. The number of Topliss-reactive ketones (excluding diaryl/α,β-unsaturated/α-hetero) is 1. The molecule has 0 aliphatic heterocycles. The molecule has 0 amide bonds. The summed E-state index contributed by atoms with van der Waals surface area (Å²) in [4.78, 5) is 10.8. The van der Waals surface area contributed by atoms with Crippen molar-refractivity contribution in [2.75, 3.05) is 0 Å². The van der Waals surface area contributed by atoms with E-state index >= 15 is 0 Å². The Labute approximate surface area is 80.1 Å². The maximum absolute atomic E-state index is 12.4. The summed E-state index contributed by atoms with van der Waals surface area (Å²) < 4.78 is 37.1. The van der Waals surface area contributed by atoms with E-state index in [-0.39, 0.29) is 31.5 Å². The van der Waals surface area contributed by atoms with Crippen LogP contribution < -0.4 is 0 Å². The van der Waals surface area contributed by atoms with Gasteiger partial charge in [0.2, 0.25) is 0 Å². The largest absolute Gasteiger partial charge is 0.417 e. The Bertz CT molecular complexity index is 223. The second-order valence-electron chi connectivity index (χ2n) is 3.96. The lowest BCUT2D eigenvalue weighted by molar-refractivity contribution is -0.274. The first-order valence-corrected chi connectivity index (χ1v) is 4.56. The van der Waals surface area contributed by atoms with Crippen LogP contribution in [0.25, 0.3) is 0 Å². The van der Waals surface area contributed by atoms with E-state index < -0.39 is 17.7 Å². The number of hydrogen-bond donors (Lipinski definition) is 1. The SMILES string of the molecule is CC(O)(C1CCC(=O)CC1)C(F)(F)F. The number of alkyl halides is 3. The maximum atomic E-state index is 12.4. The van der Waals surface area contributed by atoms with Crippen molar-refractivity contribution in [1.29, 1.82) is 0 Å². The molecule has 14 heavy (non-hydrogen) atoms. The first-order chi connectivity index (χ1) is 6.25. The molecule has 1 rings (SSSR count). The monoisotopic (exact) mass is 210 g/mol. The lowest BCUT2D eigenvalue weighted by Crippen LogP contribution is -2.49. The Hall–Kier alpha value is -0.580. The summed E-state index contributed by atoms with van der Waals surface area (Å²) in [6, 6.07) is 0. The molecular weight excluding hydrogens is 197 g/mol. The molecule has 1 unspecified atom stereocenters. The van der Waals surface area contributed by atoms with Crippen LogP contribution in [0, 0.1) is 5.92 Å². The highest BCUT2D eigenvalue weighted by molar-refractivity contribution is 5.79. The van der Waals surface area contributed by atoms with Crippen LogP contribution in [0.4, 0.5) is 13.2 Å². The van der Waals surface area contributed by atoms with Crippen LogP contribution in [0.15, 0.2) is 0 Å². The molecule has 1 saturated carbocycles. The van der Waals surface area contributed by atoms with Gasteiger partial charge in [0.05, 0.1) is 0 Å². The van der Waals surface area contributed by atoms with E-state index in [0.29, 0.717) is 0 Å². The van der Waals surface area contributed by atoms with E-state index in [9.17, 15) is 23.1 Å². The van der Waals surface area contributed by atoms with Crippen molar-refractivity contribution in [1.82, 2.24) is 0 Å². The third-order valence-electron chi connectivity index (χ3n) is 2.91. The lowest BCUT2D eigenvalue weighted by Gasteiger charge is -2.36. The van der Waals surface area contributed by atoms with Gasteiger partial charge in [-0.05, 0) is 25.7 Å². The molecule has 1 aliphatic rings. The van der Waals surface area contributed by atoms with E-state index in [1.807, 2.05) is 0 Å². The third-order valence-corrected chi connectivity index (χ3v) is 2.91. The average molecular weight is 210 g/mol. The van der Waals surface area contributed by atoms with Crippen LogP contribution in [-0.4, -0.2) is 22.7 Å². The molecule has 1 atom stereocenters. The second-order valence-corrected chi connectivity index (χ2v) is 3.96. The van der Waals surface area contributed by atoms with Crippen LogP contribution >= 0.6 is 0 Å². The summed E-state index contributed by atoms with van der Waals surface area (Å²) in [6.07, 6.45) is -4.05. The van der Waals surface area contributed by atoms with Gasteiger partial charge in [0.25, 0.3) is 0 Å². The maximum Gasteiger partial charge on any atom is 0.417 e. The first kappa shape index (κ1) is 11.5. The topological polar surface area (TPSA) is 37.3 Å². The second kappa shape index (κ2) is 3.53. The molecule has 2 nitrogen and oxygen atoms in total. The van der Waals surface area contributed by atoms with Gasteiger partial charge in [0, 0.05) is 12.8 Å². The van der Waals surface area contributed by atoms with Crippen LogP contribution in [0.2, 0.25) is 0 Å². The molecule has 0 heterocycles. The van der Waals surface area contributed by atoms with Gasteiger partial charge in [-0.15, -0.1) is 0 Å². The predicted octanol–water partition coefficient (Wildman–Crippen LogP) is 2.06. The minimum atomic E-state index is -4.61. The highest BCUT2D eigenvalue weighted by atomic mass is 19.4. The average Bonchev–Trinajstić information content (AvgIpc) is 2.03. The lowest BCUT2D eigenvalue weighted by atomic mass is 9.77. The smallest absolute Gasteiger partial charge is 0.380 e. The van der Waals surface area contributed by atoms with E-state index in [2.05, 4.69) is 0 Å². The fourth-order valence-electron chi connectivity index (χ4n) is 1.73. The van der Waals surface area contributed by atoms with Gasteiger partial charge in [0.1, 0.15) is 5.78 Å². The molecular formula is C9H13F3O2. The zero-order chi connectivity index (χ0) is 11.0. The molecule has 1 aliphatic carbocycles. The number of aliphatic hydroxyl groups is 1. The van der Waals surface area contributed by atoms with Crippen molar-refractivity contribution in [2.24, 2.45) is 5.92 Å². The predicted molar refractivity (Wildman–Crippen MR) is 43.6 cm³/mol. The normalized spacial score (nSPS) is 24.8. The van der Waals surface area contributed by atoms with Crippen molar-refractivity contribution in [3.05, 3.63) is 0 Å². The fraction of sp³-hybridized carbons (Fsp3) is 0.889. The van der Waals surface area contributed by atoms with Crippen molar-refractivity contribution in [3.63, 3.8) is 0 Å². The molecule has 0 spiro atoms. The van der Waals surface area contributed by atoms with Crippen molar-refractivity contribution < 1.29 is 23.1 Å². The van der Waals surface area contributed by atoms with Crippen molar-refractivity contribution >= 4 is 5.78 Å². The highest BCUT2D eigenvalue weighted by Crippen LogP contribution is 2.41. The standard InChI is InChI=1S/C9H13F3O2/c1-8(14,9(10,11)12)6-2-4-7(13)5-3-6/h6,14H,2-5H2,1H3. The highest BCUT2D eigenvalue weighted by Gasteiger charge is 2.54. The molecule has 0 bridgehead atoms. The molecule has 5 heteroatoms. The van der Waals surface area contributed by atoms with Gasteiger partial charge in [0.15, 0.2) is 5.60 Å². The number of rotatable bonds is 1.